The SMILES string of the molecule is Cn1c(=O)c2ccccc2n2c(COC(=O)C(O)(c3ccccc3)c3ccccc3)nnc12. The molecule has 3 aromatic carbocycles. The number of hydrogen-bond donors (Lipinski definition) is 1. The predicted molar refractivity (Wildman–Crippen MR) is 121 cm³/mol. The minimum Gasteiger partial charge on any atom is -0.455 e. The highest BCUT2D eigenvalue weighted by atomic mass is 16.5. The fourth-order valence-corrected chi connectivity index (χ4v) is 3.98. The standard InChI is InChI=1S/C25H20N4O4/c1-28-22(30)19-14-8-9-15-20(19)29-21(26-27-24(28)29)16-33-23(31)25(32,17-10-4-2-5-11-17)18-12-6-3-7-13-18/h2-15,32H,16H2,1H3. The first-order valence-corrected chi connectivity index (χ1v) is 10.3. The van der Waals surface area contributed by atoms with Crippen LogP contribution < -0.4 is 5.56 Å². The lowest BCUT2D eigenvalue weighted by Crippen LogP contribution is -2.38. The molecule has 0 aliphatic carbocycles. The second-order valence-electron chi connectivity index (χ2n) is 7.65. The van der Waals surface area contributed by atoms with Crippen LogP contribution in [-0.2, 0) is 28.8 Å². The summed E-state index contributed by atoms with van der Waals surface area (Å²) in [5, 5.41) is 20.3. The van der Waals surface area contributed by atoms with E-state index in [1.54, 1.807) is 96.4 Å². The average Bonchev–Trinajstić information content (AvgIpc) is 3.30. The first kappa shape index (κ1) is 20.6. The Morgan fingerprint density at radius 2 is 1.48 bits per heavy atom. The number of carbonyl (C=O) groups excluding carboxylic acids is 1. The lowest BCUT2D eigenvalue weighted by Gasteiger charge is -2.26. The molecule has 0 spiro atoms. The molecule has 0 bridgehead atoms. The maximum atomic E-state index is 13.3. The quantitative estimate of drug-likeness (QED) is 0.422. The second kappa shape index (κ2) is 7.99. The Bertz CT molecular complexity index is 1490. The number of fused-ring (bicyclic) bond motifs is 3. The molecule has 0 radical (unpaired) electrons. The molecule has 2 heterocycles. The lowest BCUT2D eigenvalue weighted by molar-refractivity contribution is -0.163. The van der Waals surface area contributed by atoms with Gasteiger partial charge in [0, 0.05) is 7.05 Å². The maximum Gasteiger partial charge on any atom is 0.348 e. The van der Waals surface area contributed by atoms with Crippen LogP contribution in [0.15, 0.2) is 89.7 Å². The molecule has 0 atom stereocenters. The number of aromatic nitrogens is 4. The van der Waals surface area contributed by atoms with Gasteiger partial charge in [0.1, 0.15) is 0 Å². The Morgan fingerprint density at radius 3 is 2.12 bits per heavy atom. The van der Waals surface area contributed by atoms with E-state index in [0.717, 1.165) is 0 Å². The number of carbonyl (C=O) groups is 1. The number of aliphatic hydroxyl groups is 1. The van der Waals surface area contributed by atoms with E-state index in [1.165, 1.54) is 4.57 Å². The van der Waals surface area contributed by atoms with E-state index in [0.29, 0.717) is 33.6 Å². The van der Waals surface area contributed by atoms with Gasteiger partial charge in [-0.1, -0.05) is 72.8 Å². The van der Waals surface area contributed by atoms with Crippen LogP contribution >= 0.6 is 0 Å². The third-order valence-electron chi connectivity index (χ3n) is 5.70. The molecule has 0 saturated carbocycles. The summed E-state index contributed by atoms with van der Waals surface area (Å²) in [7, 11) is 1.61. The van der Waals surface area contributed by atoms with E-state index in [1.807, 2.05) is 0 Å². The van der Waals surface area contributed by atoms with Crippen LogP contribution in [0.5, 0.6) is 0 Å². The van der Waals surface area contributed by atoms with Crippen molar-refractivity contribution < 1.29 is 14.6 Å². The monoisotopic (exact) mass is 440 g/mol. The smallest absolute Gasteiger partial charge is 0.348 e. The summed E-state index contributed by atoms with van der Waals surface area (Å²) >= 11 is 0. The van der Waals surface area contributed by atoms with Gasteiger partial charge < -0.3 is 9.84 Å². The molecule has 164 valence electrons. The number of rotatable bonds is 5. The Kier molecular flexibility index (Phi) is 4.99. The Hall–Kier alpha value is -4.30. The zero-order valence-electron chi connectivity index (χ0n) is 17.8. The van der Waals surface area contributed by atoms with Gasteiger partial charge in [-0.15, -0.1) is 10.2 Å². The van der Waals surface area contributed by atoms with Crippen LogP contribution in [0.4, 0.5) is 0 Å². The summed E-state index contributed by atoms with van der Waals surface area (Å²) in [5.41, 5.74) is -0.817. The molecule has 0 aliphatic heterocycles. The molecule has 0 aliphatic rings. The van der Waals surface area contributed by atoms with Crippen molar-refractivity contribution in [1.29, 1.82) is 0 Å². The molecule has 2 aromatic heterocycles. The van der Waals surface area contributed by atoms with Crippen molar-refractivity contribution >= 4 is 22.6 Å². The molecule has 0 saturated heterocycles. The van der Waals surface area contributed by atoms with Crippen LogP contribution in [0, 0.1) is 0 Å². The molecule has 33 heavy (non-hydrogen) atoms. The van der Waals surface area contributed by atoms with Gasteiger partial charge in [-0.05, 0) is 23.3 Å². The molecular weight excluding hydrogens is 420 g/mol. The first-order chi connectivity index (χ1) is 16.0. The van der Waals surface area contributed by atoms with E-state index < -0.39 is 11.6 Å². The Morgan fingerprint density at radius 1 is 0.909 bits per heavy atom. The van der Waals surface area contributed by atoms with E-state index in [9.17, 15) is 14.7 Å². The summed E-state index contributed by atoms with van der Waals surface area (Å²) in [6.07, 6.45) is 0. The molecule has 8 heteroatoms. The van der Waals surface area contributed by atoms with Gasteiger partial charge in [0.05, 0.1) is 10.9 Å². The Labute approximate surface area is 188 Å². The highest BCUT2D eigenvalue weighted by molar-refractivity contribution is 5.85. The van der Waals surface area contributed by atoms with Crippen LogP contribution in [0.3, 0.4) is 0 Å². The fourth-order valence-electron chi connectivity index (χ4n) is 3.98. The number of esters is 1. The lowest BCUT2D eigenvalue weighted by atomic mass is 9.86. The number of nitrogens with zero attached hydrogens (tertiary/aromatic N) is 4. The zero-order valence-corrected chi connectivity index (χ0v) is 17.8. The van der Waals surface area contributed by atoms with Crippen molar-refractivity contribution in [2.45, 2.75) is 12.2 Å². The number of hydrogen-bond acceptors (Lipinski definition) is 6. The number of ether oxygens (including phenoxy) is 1. The topological polar surface area (TPSA) is 98.7 Å². The normalized spacial score (nSPS) is 11.7. The van der Waals surface area contributed by atoms with Crippen LogP contribution in [-0.4, -0.2) is 30.2 Å². The van der Waals surface area contributed by atoms with Crippen molar-refractivity contribution in [2.75, 3.05) is 0 Å². The number of aryl methyl sites for hydroxylation is 1. The predicted octanol–water partition coefficient (Wildman–Crippen LogP) is 2.56. The van der Waals surface area contributed by atoms with Gasteiger partial charge in [0.2, 0.25) is 11.4 Å². The van der Waals surface area contributed by atoms with Crippen molar-refractivity contribution in [2.24, 2.45) is 7.05 Å². The minimum atomic E-state index is -2.00. The summed E-state index contributed by atoms with van der Waals surface area (Å²) in [5.74, 6) is -0.189. The third kappa shape index (κ3) is 3.28. The molecule has 5 rings (SSSR count). The minimum absolute atomic E-state index is 0.198. The second-order valence-corrected chi connectivity index (χ2v) is 7.65. The highest BCUT2D eigenvalue weighted by Gasteiger charge is 2.41. The fraction of sp³-hybridized carbons (Fsp3) is 0.120. The summed E-state index contributed by atoms with van der Waals surface area (Å²) in [6, 6.07) is 24.4. The average molecular weight is 440 g/mol. The van der Waals surface area contributed by atoms with E-state index in [-0.39, 0.29) is 12.2 Å². The van der Waals surface area contributed by atoms with Crippen LogP contribution in [0.2, 0.25) is 0 Å². The van der Waals surface area contributed by atoms with Crippen molar-refractivity contribution in [1.82, 2.24) is 19.2 Å². The maximum absolute atomic E-state index is 13.3. The summed E-state index contributed by atoms with van der Waals surface area (Å²) < 4.78 is 8.66. The molecule has 0 fully saturated rings. The Balaban J connectivity index is 1.55. The van der Waals surface area contributed by atoms with Gasteiger partial charge in [-0.2, -0.15) is 0 Å². The van der Waals surface area contributed by atoms with Gasteiger partial charge in [-0.25, -0.2) is 4.79 Å². The largest absolute Gasteiger partial charge is 0.455 e. The molecule has 1 N–H and O–H groups in total. The molecule has 5 aromatic rings. The molecule has 0 amide bonds. The van der Waals surface area contributed by atoms with Gasteiger partial charge in [0.25, 0.3) is 5.56 Å². The zero-order chi connectivity index (χ0) is 23.0. The third-order valence-corrected chi connectivity index (χ3v) is 5.70. The number of benzene rings is 3. The van der Waals surface area contributed by atoms with Crippen molar-refractivity contribution in [3.05, 3.63) is 112 Å². The van der Waals surface area contributed by atoms with Gasteiger partial charge >= 0.3 is 5.97 Å². The molecule has 0 unspecified atom stereocenters. The van der Waals surface area contributed by atoms with E-state index in [2.05, 4.69) is 10.2 Å². The van der Waals surface area contributed by atoms with E-state index in [4.69, 9.17) is 4.74 Å². The molecular formula is C25H20N4O4. The summed E-state index contributed by atoms with van der Waals surface area (Å²) in [6.45, 7) is -0.246. The van der Waals surface area contributed by atoms with Crippen molar-refractivity contribution in [3.63, 3.8) is 0 Å². The van der Waals surface area contributed by atoms with Gasteiger partial charge in [0.15, 0.2) is 12.4 Å². The van der Waals surface area contributed by atoms with Crippen LogP contribution in [0.25, 0.3) is 16.7 Å². The summed E-state index contributed by atoms with van der Waals surface area (Å²) in [4.78, 5) is 25.9. The van der Waals surface area contributed by atoms with Crippen molar-refractivity contribution in [3.8, 4) is 0 Å². The highest BCUT2D eigenvalue weighted by Crippen LogP contribution is 2.31. The van der Waals surface area contributed by atoms with E-state index >= 15 is 0 Å². The van der Waals surface area contributed by atoms with Crippen LogP contribution in [0.1, 0.15) is 17.0 Å². The first-order valence-electron chi connectivity index (χ1n) is 10.3. The molecule has 8 nitrogen and oxygen atoms in total. The van der Waals surface area contributed by atoms with Gasteiger partial charge in [-0.3, -0.25) is 13.8 Å². The number of para-hydroxylation sites is 1.